The molecule has 4 aromatic carbocycles. The number of para-hydroxylation sites is 1. The predicted octanol–water partition coefficient (Wildman–Crippen LogP) is 7.10. The highest BCUT2D eigenvalue weighted by Gasteiger charge is 2.45. The van der Waals surface area contributed by atoms with Gasteiger partial charge in [-0.25, -0.2) is 0 Å². The van der Waals surface area contributed by atoms with Crippen LogP contribution in [0.25, 0.3) is 38.6 Å². The average Bonchev–Trinajstić information content (AvgIpc) is 3.45. The summed E-state index contributed by atoms with van der Waals surface area (Å²) in [7, 11) is -2.91. The predicted molar refractivity (Wildman–Crippen MR) is 188 cm³/mol. The zero-order valence-corrected chi connectivity index (χ0v) is 25.5. The Morgan fingerprint density at radius 2 is 1.50 bits per heavy atom. The van der Waals surface area contributed by atoms with Crippen LogP contribution in [0, 0.1) is 0 Å². The molecule has 4 heteroatoms. The van der Waals surface area contributed by atoms with Crippen molar-refractivity contribution in [2.75, 3.05) is 6.54 Å². The summed E-state index contributed by atoms with van der Waals surface area (Å²) in [6.45, 7) is 0.828. The number of fused-ring (bicyclic) bond motifs is 3. The van der Waals surface area contributed by atoms with E-state index in [9.17, 15) is 0 Å². The van der Waals surface area contributed by atoms with Crippen LogP contribution in [0.4, 0.5) is 0 Å². The van der Waals surface area contributed by atoms with Crippen molar-refractivity contribution in [3.8, 4) is 11.1 Å². The van der Waals surface area contributed by atoms with Crippen molar-refractivity contribution in [3.63, 3.8) is 0 Å². The SMILES string of the molecule is C1=CC(n2c3ccccc3c3c([Si](C4=CNCC=C4)(c4cccnc4)c4cccc(-c5ccccc5)c4)cccc32)=CCC1. The second kappa shape index (κ2) is 11.1. The fraction of sp³-hybridized carbons (Fsp3) is 0.0750. The molecule has 0 bridgehead atoms. The molecule has 2 aliphatic rings. The number of nitrogens with zero attached hydrogens (tertiary/aromatic N) is 2. The van der Waals surface area contributed by atoms with Crippen molar-refractivity contribution < 1.29 is 0 Å². The Morgan fingerprint density at radius 1 is 0.682 bits per heavy atom. The smallest absolute Gasteiger partial charge is 0.183 e. The molecule has 44 heavy (non-hydrogen) atoms. The van der Waals surface area contributed by atoms with Crippen LogP contribution in [0.15, 0.2) is 163 Å². The topological polar surface area (TPSA) is 29.9 Å². The summed E-state index contributed by atoms with van der Waals surface area (Å²) in [5, 5.41) is 11.5. The van der Waals surface area contributed by atoms with Gasteiger partial charge in [0.05, 0.1) is 11.0 Å². The first kappa shape index (κ1) is 26.4. The van der Waals surface area contributed by atoms with Gasteiger partial charge in [-0.05, 0) is 75.2 Å². The zero-order chi connectivity index (χ0) is 29.3. The maximum absolute atomic E-state index is 4.74. The number of hydrogen-bond donors (Lipinski definition) is 1. The van der Waals surface area contributed by atoms with Gasteiger partial charge in [0.15, 0.2) is 8.07 Å². The fourth-order valence-corrected chi connectivity index (χ4v) is 12.1. The number of aromatic nitrogens is 2. The van der Waals surface area contributed by atoms with Gasteiger partial charge in [-0.15, -0.1) is 0 Å². The average molecular weight is 584 g/mol. The van der Waals surface area contributed by atoms with Crippen molar-refractivity contribution in [2.24, 2.45) is 0 Å². The van der Waals surface area contributed by atoms with Gasteiger partial charge in [0.1, 0.15) is 0 Å². The van der Waals surface area contributed by atoms with Crippen LogP contribution in [-0.4, -0.2) is 24.2 Å². The van der Waals surface area contributed by atoms with Crippen LogP contribution in [-0.2, 0) is 0 Å². The molecule has 1 unspecified atom stereocenters. The number of rotatable bonds is 6. The van der Waals surface area contributed by atoms with Crippen LogP contribution >= 0.6 is 0 Å². The number of nitrogens with one attached hydrogen (secondary N) is 1. The summed E-state index contributed by atoms with van der Waals surface area (Å²) >= 11 is 0. The first-order chi connectivity index (χ1) is 21.9. The number of hydrogen-bond acceptors (Lipinski definition) is 2. The molecule has 212 valence electrons. The highest BCUT2D eigenvalue weighted by atomic mass is 28.3. The van der Waals surface area contributed by atoms with Crippen molar-refractivity contribution in [1.82, 2.24) is 14.9 Å². The number of allylic oxidation sites excluding steroid dienone is 6. The van der Waals surface area contributed by atoms with Crippen molar-refractivity contribution >= 4 is 51.1 Å². The van der Waals surface area contributed by atoms with Gasteiger partial charge >= 0.3 is 0 Å². The summed E-state index contributed by atoms with van der Waals surface area (Å²) < 4.78 is 2.47. The van der Waals surface area contributed by atoms with Crippen LogP contribution in [0.1, 0.15) is 12.8 Å². The molecular formula is C40H33N3Si. The third-order valence-electron chi connectivity index (χ3n) is 9.06. The minimum absolute atomic E-state index is 0.828. The van der Waals surface area contributed by atoms with E-state index >= 15 is 0 Å². The molecule has 0 saturated heterocycles. The molecule has 6 aromatic rings. The van der Waals surface area contributed by atoms with E-state index in [4.69, 9.17) is 4.98 Å². The van der Waals surface area contributed by atoms with E-state index in [1.165, 1.54) is 59.4 Å². The monoisotopic (exact) mass is 583 g/mol. The minimum atomic E-state index is -2.91. The Bertz CT molecular complexity index is 2120. The maximum Gasteiger partial charge on any atom is 0.183 e. The first-order valence-electron chi connectivity index (χ1n) is 15.4. The second-order valence-electron chi connectivity index (χ2n) is 11.5. The summed E-state index contributed by atoms with van der Waals surface area (Å²) in [4.78, 5) is 4.74. The minimum Gasteiger partial charge on any atom is -0.387 e. The molecule has 1 N–H and O–H groups in total. The largest absolute Gasteiger partial charge is 0.387 e. The van der Waals surface area contributed by atoms with Crippen molar-refractivity contribution in [1.29, 1.82) is 0 Å². The molecule has 0 radical (unpaired) electrons. The van der Waals surface area contributed by atoms with Gasteiger partial charge < -0.3 is 9.88 Å². The second-order valence-corrected chi connectivity index (χ2v) is 15.3. The Balaban J connectivity index is 1.53. The van der Waals surface area contributed by atoms with E-state index in [0.717, 1.165) is 19.4 Å². The van der Waals surface area contributed by atoms with Gasteiger partial charge in [0.25, 0.3) is 0 Å². The molecule has 2 aromatic heterocycles. The van der Waals surface area contributed by atoms with E-state index < -0.39 is 8.07 Å². The summed E-state index contributed by atoms with van der Waals surface area (Å²) in [5.74, 6) is 0. The van der Waals surface area contributed by atoms with Crippen molar-refractivity contribution in [3.05, 3.63) is 163 Å². The lowest BCUT2D eigenvalue weighted by Gasteiger charge is -2.36. The Morgan fingerprint density at radius 3 is 2.32 bits per heavy atom. The Labute approximate surface area is 259 Å². The lowest BCUT2D eigenvalue weighted by Crippen LogP contribution is -2.69. The van der Waals surface area contributed by atoms with E-state index in [1.807, 2.05) is 6.20 Å². The highest BCUT2D eigenvalue weighted by molar-refractivity contribution is 7.17. The van der Waals surface area contributed by atoms with Crippen LogP contribution in [0.3, 0.4) is 0 Å². The Kier molecular flexibility index (Phi) is 6.69. The van der Waals surface area contributed by atoms with Gasteiger partial charge in [0, 0.05) is 35.4 Å². The molecule has 1 aliphatic carbocycles. The normalized spacial score (nSPS) is 15.9. The quantitative estimate of drug-likeness (QED) is 0.212. The van der Waals surface area contributed by atoms with E-state index in [0.29, 0.717) is 0 Å². The van der Waals surface area contributed by atoms with Gasteiger partial charge in [-0.1, -0.05) is 115 Å². The molecule has 1 atom stereocenters. The van der Waals surface area contributed by atoms with Gasteiger partial charge in [-0.3, -0.25) is 4.98 Å². The number of pyridine rings is 1. The lowest BCUT2D eigenvalue weighted by atomic mass is 10.1. The third kappa shape index (κ3) is 4.22. The molecular weight excluding hydrogens is 551 g/mol. The van der Waals surface area contributed by atoms with Crippen LogP contribution in [0.5, 0.6) is 0 Å². The van der Waals surface area contributed by atoms with E-state index in [2.05, 4.69) is 162 Å². The van der Waals surface area contributed by atoms with Crippen molar-refractivity contribution in [2.45, 2.75) is 12.8 Å². The fourth-order valence-electron chi connectivity index (χ4n) is 7.19. The summed E-state index contributed by atoms with van der Waals surface area (Å²) in [6, 6.07) is 40.2. The molecule has 3 nitrogen and oxygen atoms in total. The summed E-state index contributed by atoms with van der Waals surface area (Å²) in [6.07, 6.45) is 20.0. The number of benzene rings is 4. The van der Waals surface area contributed by atoms with Crippen LogP contribution in [0.2, 0.25) is 0 Å². The molecule has 1 aliphatic heterocycles. The van der Waals surface area contributed by atoms with E-state index in [-0.39, 0.29) is 0 Å². The van der Waals surface area contributed by atoms with Gasteiger partial charge in [-0.2, -0.15) is 0 Å². The first-order valence-corrected chi connectivity index (χ1v) is 17.4. The molecule has 0 spiro atoms. The molecule has 8 rings (SSSR count). The van der Waals surface area contributed by atoms with Crippen LogP contribution < -0.4 is 20.9 Å². The third-order valence-corrected chi connectivity index (χ3v) is 13.8. The zero-order valence-electron chi connectivity index (χ0n) is 24.5. The summed E-state index contributed by atoms with van der Waals surface area (Å²) in [5.41, 5.74) is 6.18. The molecule has 0 fully saturated rings. The number of dihydropyridines is 1. The standard InChI is InChI=1S/C40H33N3Si/c1-3-13-30(14-4-1)31-15-9-18-33(27-31)44(34-19-11-25-41-28-34,35-20-12-26-42-29-35)39-24-10-23-38-40(39)36-21-7-8-22-37(36)43(38)32-16-5-2-6-17-32/h1,3-5,7-25,27-29,42H,2,6,26H2. The molecule has 3 heterocycles. The lowest BCUT2D eigenvalue weighted by molar-refractivity contribution is 0.966. The van der Waals surface area contributed by atoms with E-state index in [1.54, 1.807) is 0 Å². The molecule has 0 amide bonds. The molecule has 0 saturated carbocycles. The Hall–Kier alpha value is -5.19. The highest BCUT2D eigenvalue weighted by Crippen LogP contribution is 2.35. The maximum atomic E-state index is 4.74. The van der Waals surface area contributed by atoms with Gasteiger partial charge in [0.2, 0.25) is 0 Å².